The molecule has 0 rings (SSSR count). The minimum atomic E-state index is -0.424. The van der Waals surface area contributed by atoms with Gasteiger partial charge in [-0.2, -0.15) is 0 Å². The Hall–Kier alpha value is -0.240. The van der Waals surface area contributed by atoms with E-state index in [0.29, 0.717) is 6.61 Å². The van der Waals surface area contributed by atoms with E-state index in [9.17, 15) is 4.79 Å². The molecule has 3 heteroatoms. The Morgan fingerprint density at radius 3 is 2.78 bits per heavy atom. The molecular weight excluding hydrogens is 140 g/mol. The van der Waals surface area contributed by atoms with E-state index in [-0.39, 0.29) is 11.8 Å². The number of carbonyl (C=O) groups excluding carboxylic acids is 1. The lowest BCUT2D eigenvalue weighted by Crippen LogP contribution is -2.15. The first-order valence-electron chi connectivity index (χ1n) is 2.78. The van der Waals surface area contributed by atoms with Crippen molar-refractivity contribution in [3.05, 3.63) is 6.92 Å². The number of esters is 1. The highest BCUT2D eigenvalue weighted by Crippen LogP contribution is 1.99. The quantitative estimate of drug-likeness (QED) is 0.446. The lowest BCUT2D eigenvalue weighted by molar-refractivity contribution is -0.145. The fraction of sp³-hybridized carbons (Fsp3) is 0.667. The van der Waals surface area contributed by atoms with Gasteiger partial charge in [0.2, 0.25) is 0 Å². The average molecular weight is 150 g/mol. The predicted octanol–water partition coefficient (Wildman–Crippen LogP) is 1.24. The predicted molar refractivity (Wildman–Crippen MR) is 36.2 cm³/mol. The van der Waals surface area contributed by atoms with Crippen molar-refractivity contribution in [3.8, 4) is 0 Å². The molecule has 0 N–H and O–H groups in total. The Balaban J connectivity index is 3.46. The molecule has 0 bridgehead atoms. The maximum atomic E-state index is 10.6. The number of rotatable bonds is 3. The Morgan fingerprint density at radius 2 is 2.44 bits per heavy atom. The van der Waals surface area contributed by atoms with Gasteiger partial charge in [-0.1, -0.05) is 0 Å². The van der Waals surface area contributed by atoms with Crippen LogP contribution >= 0.6 is 11.6 Å². The van der Waals surface area contributed by atoms with Crippen LogP contribution in [0, 0.1) is 12.8 Å². The van der Waals surface area contributed by atoms with Crippen LogP contribution in [0.25, 0.3) is 0 Å². The molecule has 1 unspecified atom stereocenters. The van der Waals surface area contributed by atoms with Crippen LogP contribution in [0.2, 0.25) is 0 Å². The zero-order valence-electron chi connectivity index (χ0n) is 5.39. The Kier molecular flexibility index (Phi) is 4.50. The topological polar surface area (TPSA) is 26.3 Å². The second-order valence-corrected chi connectivity index (χ2v) is 1.91. The Labute approximate surface area is 60.1 Å². The van der Waals surface area contributed by atoms with Crippen LogP contribution in [0.4, 0.5) is 0 Å². The molecule has 0 aliphatic heterocycles. The molecule has 1 radical (unpaired) electrons. The molecule has 53 valence electrons. The van der Waals surface area contributed by atoms with Crippen molar-refractivity contribution in [2.24, 2.45) is 5.92 Å². The molecule has 0 amide bonds. The minimum absolute atomic E-state index is 0.221. The summed E-state index contributed by atoms with van der Waals surface area (Å²) in [7, 11) is 0. The van der Waals surface area contributed by atoms with Gasteiger partial charge in [0.1, 0.15) is 0 Å². The standard InChI is InChI=1S/C6H10ClO2/c1-3-9-6(8)5(2)4-7/h5H,2-4H2,1H3. The highest BCUT2D eigenvalue weighted by atomic mass is 35.5. The van der Waals surface area contributed by atoms with Gasteiger partial charge in [0.15, 0.2) is 0 Å². The summed E-state index contributed by atoms with van der Waals surface area (Å²) in [6.07, 6.45) is 0. The summed E-state index contributed by atoms with van der Waals surface area (Å²) in [5.41, 5.74) is 0. The van der Waals surface area contributed by atoms with Crippen LogP contribution in [0.3, 0.4) is 0 Å². The summed E-state index contributed by atoms with van der Waals surface area (Å²) >= 11 is 5.32. The van der Waals surface area contributed by atoms with Crippen LogP contribution in [-0.4, -0.2) is 18.5 Å². The molecule has 9 heavy (non-hydrogen) atoms. The van der Waals surface area contributed by atoms with E-state index in [0.717, 1.165) is 0 Å². The van der Waals surface area contributed by atoms with Gasteiger partial charge in [0.25, 0.3) is 0 Å². The molecule has 0 aromatic rings. The number of alkyl halides is 1. The van der Waals surface area contributed by atoms with Gasteiger partial charge in [-0.3, -0.25) is 4.79 Å². The number of halogens is 1. The third-order valence-corrected chi connectivity index (χ3v) is 1.18. The Bertz CT molecular complexity index is 93.1. The zero-order valence-corrected chi connectivity index (χ0v) is 6.15. The normalized spacial score (nSPS) is 12.8. The number of hydrogen-bond acceptors (Lipinski definition) is 2. The summed E-state index contributed by atoms with van der Waals surface area (Å²) in [6, 6.07) is 0. The molecule has 0 fully saturated rings. The molecule has 0 aliphatic rings. The summed E-state index contributed by atoms with van der Waals surface area (Å²) in [4.78, 5) is 10.6. The smallest absolute Gasteiger partial charge is 0.310 e. The van der Waals surface area contributed by atoms with E-state index < -0.39 is 5.92 Å². The molecular formula is C6H10ClO2. The van der Waals surface area contributed by atoms with E-state index in [1.807, 2.05) is 0 Å². The highest BCUT2D eigenvalue weighted by molar-refractivity contribution is 6.19. The van der Waals surface area contributed by atoms with Crippen LogP contribution in [0.15, 0.2) is 0 Å². The number of carbonyl (C=O) groups is 1. The molecule has 0 aliphatic carbocycles. The molecule has 2 nitrogen and oxygen atoms in total. The zero-order chi connectivity index (χ0) is 7.28. The van der Waals surface area contributed by atoms with E-state index in [1.54, 1.807) is 6.92 Å². The van der Waals surface area contributed by atoms with Gasteiger partial charge >= 0.3 is 5.97 Å². The lowest BCUT2D eigenvalue weighted by Gasteiger charge is -2.04. The molecule has 0 saturated heterocycles. The first-order valence-corrected chi connectivity index (χ1v) is 3.31. The van der Waals surface area contributed by atoms with Crippen molar-refractivity contribution in [2.45, 2.75) is 6.92 Å². The molecule has 1 atom stereocenters. The van der Waals surface area contributed by atoms with E-state index >= 15 is 0 Å². The van der Waals surface area contributed by atoms with E-state index in [4.69, 9.17) is 11.6 Å². The second-order valence-electron chi connectivity index (χ2n) is 1.60. The van der Waals surface area contributed by atoms with Gasteiger partial charge < -0.3 is 4.74 Å². The van der Waals surface area contributed by atoms with Crippen LogP contribution in [0.1, 0.15) is 6.92 Å². The number of ether oxygens (including phenoxy) is 1. The van der Waals surface area contributed by atoms with Crippen LogP contribution < -0.4 is 0 Å². The third-order valence-electron chi connectivity index (χ3n) is 0.806. The maximum absolute atomic E-state index is 10.6. The highest BCUT2D eigenvalue weighted by Gasteiger charge is 2.11. The molecule has 0 aromatic heterocycles. The fourth-order valence-corrected chi connectivity index (χ4v) is 0.449. The summed E-state index contributed by atoms with van der Waals surface area (Å²) in [5, 5.41) is 0. The molecule has 0 aromatic carbocycles. The van der Waals surface area contributed by atoms with Crippen molar-refractivity contribution in [3.63, 3.8) is 0 Å². The largest absolute Gasteiger partial charge is 0.466 e. The van der Waals surface area contributed by atoms with Crippen molar-refractivity contribution >= 4 is 17.6 Å². The van der Waals surface area contributed by atoms with E-state index in [1.165, 1.54) is 0 Å². The monoisotopic (exact) mass is 149 g/mol. The van der Waals surface area contributed by atoms with Gasteiger partial charge in [0.05, 0.1) is 12.5 Å². The average Bonchev–Trinajstić information content (AvgIpc) is 1.87. The number of hydrogen-bond donors (Lipinski definition) is 0. The van der Waals surface area contributed by atoms with Gasteiger partial charge in [-0.05, 0) is 13.8 Å². The SMILES string of the molecule is [CH2]C(CCl)C(=O)OCC. The molecule has 0 saturated carbocycles. The van der Waals surface area contributed by atoms with Crippen molar-refractivity contribution in [2.75, 3.05) is 12.5 Å². The van der Waals surface area contributed by atoms with Gasteiger partial charge in [0, 0.05) is 5.88 Å². The Morgan fingerprint density at radius 1 is 1.89 bits per heavy atom. The molecule has 0 spiro atoms. The maximum Gasteiger partial charge on any atom is 0.310 e. The van der Waals surface area contributed by atoms with E-state index in [2.05, 4.69) is 11.7 Å². The fourth-order valence-electron chi connectivity index (χ4n) is 0.323. The van der Waals surface area contributed by atoms with Crippen LogP contribution in [0.5, 0.6) is 0 Å². The summed E-state index contributed by atoms with van der Waals surface area (Å²) in [5.74, 6) is -0.530. The lowest BCUT2D eigenvalue weighted by atomic mass is 10.2. The van der Waals surface area contributed by atoms with Crippen molar-refractivity contribution in [1.29, 1.82) is 0 Å². The summed E-state index contributed by atoms with van der Waals surface area (Å²) in [6.45, 7) is 5.61. The molecule has 0 heterocycles. The van der Waals surface area contributed by atoms with Crippen LogP contribution in [-0.2, 0) is 9.53 Å². The third kappa shape index (κ3) is 3.36. The van der Waals surface area contributed by atoms with Crippen molar-refractivity contribution in [1.82, 2.24) is 0 Å². The van der Waals surface area contributed by atoms with Gasteiger partial charge in [-0.25, -0.2) is 0 Å². The first kappa shape index (κ1) is 8.76. The summed E-state index contributed by atoms with van der Waals surface area (Å²) < 4.78 is 4.61. The first-order chi connectivity index (χ1) is 4.22. The second kappa shape index (κ2) is 4.62. The van der Waals surface area contributed by atoms with Gasteiger partial charge in [-0.15, -0.1) is 11.6 Å². The van der Waals surface area contributed by atoms with Crippen molar-refractivity contribution < 1.29 is 9.53 Å². The minimum Gasteiger partial charge on any atom is -0.466 e.